The fraction of sp³-hybridized carbons (Fsp3) is 0.875. The molecule has 0 aliphatic rings. The Hall–Kier alpha value is -0.910. The summed E-state index contributed by atoms with van der Waals surface area (Å²) in [6.45, 7) is 4.89. The molecule has 0 bridgehead atoms. The molecule has 14 heavy (non-hydrogen) atoms. The quantitative estimate of drug-likeness (QED) is 0.695. The van der Waals surface area contributed by atoms with E-state index >= 15 is 0 Å². The molecule has 0 aromatic carbocycles. The lowest BCUT2D eigenvalue weighted by Crippen LogP contribution is -2.39. The van der Waals surface area contributed by atoms with Crippen molar-refractivity contribution in [3.63, 3.8) is 0 Å². The molecule has 0 radical (unpaired) electrons. The summed E-state index contributed by atoms with van der Waals surface area (Å²) in [5, 5.41) is 10.8. The van der Waals surface area contributed by atoms with Gasteiger partial charge in [0.2, 0.25) is 6.43 Å². The highest BCUT2D eigenvalue weighted by Gasteiger charge is 2.19. The molecule has 1 unspecified atom stereocenters. The maximum Gasteiger partial charge on any atom is 0.409 e. The maximum absolute atomic E-state index is 11.7. The second-order valence-corrected chi connectivity index (χ2v) is 3.79. The first-order chi connectivity index (χ1) is 6.20. The highest BCUT2D eigenvalue weighted by atomic mass is 19.3. The van der Waals surface area contributed by atoms with E-state index < -0.39 is 30.8 Å². The van der Waals surface area contributed by atoms with Crippen molar-refractivity contribution in [2.45, 2.75) is 45.4 Å². The van der Waals surface area contributed by atoms with Crippen LogP contribution in [0.2, 0.25) is 0 Å². The first-order valence-electron chi connectivity index (χ1n) is 4.16. The highest BCUT2D eigenvalue weighted by molar-refractivity contribution is 5.67. The van der Waals surface area contributed by atoms with Gasteiger partial charge in [0.25, 0.3) is 0 Å². The third-order valence-electron chi connectivity index (χ3n) is 1.08. The standard InChI is InChI=1S/C8H15F2NO3/c1-8(2,3)14-7(13)11-6(12)4-5(9)10/h5-6,12H,4H2,1-3H3,(H,11,13). The average molecular weight is 211 g/mol. The van der Waals surface area contributed by atoms with E-state index in [0.29, 0.717) is 0 Å². The number of hydrogen-bond donors (Lipinski definition) is 2. The summed E-state index contributed by atoms with van der Waals surface area (Å²) in [4.78, 5) is 10.9. The molecule has 0 heterocycles. The minimum atomic E-state index is -2.67. The maximum atomic E-state index is 11.7. The molecule has 0 aromatic heterocycles. The Morgan fingerprint density at radius 1 is 1.50 bits per heavy atom. The van der Waals surface area contributed by atoms with Crippen LogP contribution in [0, 0.1) is 0 Å². The summed E-state index contributed by atoms with van der Waals surface area (Å²) in [6, 6.07) is 0. The van der Waals surface area contributed by atoms with Crippen molar-refractivity contribution in [1.29, 1.82) is 0 Å². The third kappa shape index (κ3) is 7.72. The number of amides is 1. The van der Waals surface area contributed by atoms with Crippen molar-refractivity contribution in [3.8, 4) is 0 Å². The zero-order valence-electron chi connectivity index (χ0n) is 8.38. The van der Waals surface area contributed by atoms with Gasteiger partial charge in [0, 0.05) is 0 Å². The number of aliphatic hydroxyl groups is 1. The van der Waals surface area contributed by atoms with Gasteiger partial charge in [-0.15, -0.1) is 0 Å². The largest absolute Gasteiger partial charge is 0.444 e. The van der Waals surface area contributed by atoms with Crippen LogP contribution in [0.15, 0.2) is 0 Å². The smallest absolute Gasteiger partial charge is 0.409 e. The second-order valence-electron chi connectivity index (χ2n) is 3.79. The lowest BCUT2D eigenvalue weighted by atomic mass is 10.2. The van der Waals surface area contributed by atoms with E-state index in [-0.39, 0.29) is 0 Å². The van der Waals surface area contributed by atoms with Gasteiger partial charge in [0.05, 0.1) is 6.42 Å². The fourth-order valence-electron chi connectivity index (χ4n) is 0.671. The van der Waals surface area contributed by atoms with Gasteiger partial charge in [-0.05, 0) is 20.8 Å². The number of carbonyl (C=O) groups is 1. The summed E-state index contributed by atoms with van der Waals surface area (Å²) in [5.41, 5.74) is -0.714. The van der Waals surface area contributed by atoms with Crippen molar-refractivity contribution in [3.05, 3.63) is 0 Å². The third-order valence-corrected chi connectivity index (χ3v) is 1.08. The topological polar surface area (TPSA) is 58.6 Å². The number of hydrogen-bond acceptors (Lipinski definition) is 3. The van der Waals surface area contributed by atoms with Crippen molar-refractivity contribution >= 4 is 6.09 Å². The normalized spacial score (nSPS) is 13.9. The average Bonchev–Trinajstić information content (AvgIpc) is 1.77. The minimum absolute atomic E-state index is 0.714. The van der Waals surface area contributed by atoms with Crippen LogP contribution in [-0.4, -0.2) is 29.5 Å². The van der Waals surface area contributed by atoms with Gasteiger partial charge < -0.3 is 9.84 Å². The van der Waals surface area contributed by atoms with E-state index in [1.54, 1.807) is 20.8 Å². The van der Waals surface area contributed by atoms with E-state index in [4.69, 9.17) is 9.84 Å². The van der Waals surface area contributed by atoms with Gasteiger partial charge in [-0.1, -0.05) is 0 Å². The monoisotopic (exact) mass is 211 g/mol. The molecule has 0 aliphatic heterocycles. The van der Waals surface area contributed by atoms with Gasteiger partial charge in [0.15, 0.2) is 0 Å². The molecule has 6 heteroatoms. The van der Waals surface area contributed by atoms with Crippen molar-refractivity contribution in [2.24, 2.45) is 0 Å². The molecule has 0 aromatic rings. The Kier molecular flexibility index (Phi) is 4.76. The Morgan fingerprint density at radius 3 is 2.36 bits per heavy atom. The molecule has 84 valence electrons. The Balaban J connectivity index is 3.83. The van der Waals surface area contributed by atoms with Gasteiger partial charge in [-0.3, -0.25) is 5.32 Å². The summed E-state index contributed by atoms with van der Waals surface area (Å²) in [7, 11) is 0. The Labute approximate surface area is 81.2 Å². The van der Waals surface area contributed by atoms with E-state index in [2.05, 4.69) is 0 Å². The molecule has 0 fully saturated rings. The van der Waals surface area contributed by atoms with Gasteiger partial charge in [-0.2, -0.15) is 0 Å². The van der Waals surface area contributed by atoms with Gasteiger partial charge in [0.1, 0.15) is 11.8 Å². The molecular weight excluding hydrogens is 196 g/mol. The summed E-state index contributed by atoms with van der Waals surface area (Å²) in [5.74, 6) is 0. The molecule has 0 spiro atoms. The molecule has 0 saturated heterocycles. The molecule has 1 amide bonds. The number of carbonyl (C=O) groups excluding carboxylic acids is 1. The van der Waals surface area contributed by atoms with Crippen LogP contribution in [0.5, 0.6) is 0 Å². The SMILES string of the molecule is CC(C)(C)OC(=O)NC(O)CC(F)F. The van der Waals surface area contributed by atoms with E-state index in [1.165, 1.54) is 0 Å². The lowest BCUT2D eigenvalue weighted by Gasteiger charge is -2.21. The number of alkyl carbamates (subject to hydrolysis) is 1. The van der Waals surface area contributed by atoms with Crippen molar-refractivity contribution in [2.75, 3.05) is 0 Å². The zero-order chi connectivity index (χ0) is 11.4. The first kappa shape index (κ1) is 13.1. The molecule has 4 nitrogen and oxygen atoms in total. The number of rotatable bonds is 3. The van der Waals surface area contributed by atoms with Crippen LogP contribution in [0.25, 0.3) is 0 Å². The predicted octanol–water partition coefficient (Wildman–Crippen LogP) is 1.48. The second kappa shape index (κ2) is 5.09. The highest BCUT2D eigenvalue weighted by Crippen LogP contribution is 2.07. The fourth-order valence-corrected chi connectivity index (χ4v) is 0.671. The minimum Gasteiger partial charge on any atom is -0.444 e. The summed E-state index contributed by atoms with van der Waals surface area (Å²) < 4.78 is 28.2. The number of nitrogens with one attached hydrogen (secondary N) is 1. The van der Waals surface area contributed by atoms with Crippen LogP contribution in [0.3, 0.4) is 0 Å². The van der Waals surface area contributed by atoms with Crippen LogP contribution in [-0.2, 0) is 4.74 Å². The lowest BCUT2D eigenvalue weighted by molar-refractivity contribution is 0.0168. The van der Waals surface area contributed by atoms with Gasteiger partial charge in [-0.25, -0.2) is 13.6 Å². The van der Waals surface area contributed by atoms with E-state index in [9.17, 15) is 13.6 Å². The van der Waals surface area contributed by atoms with Crippen molar-refractivity contribution in [1.82, 2.24) is 5.32 Å². The molecule has 0 saturated carbocycles. The van der Waals surface area contributed by atoms with Crippen molar-refractivity contribution < 1.29 is 23.4 Å². The molecule has 1 atom stereocenters. The summed E-state index contributed by atoms with van der Waals surface area (Å²) in [6.07, 6.45) is -5.96. The Bertz CT molecular complexity index is 192. The molecule has 0 aliphatic carbocycles. The number of halogens is 2. The van der Waals surface area contributed by atoms with Crippen LogP contribution in [0.4, 0.5) is 13.6 Å². The van der Waals surface area contributed by atoms with E-state index in [1.807, 2.05) is 5.32 Å². The number of alkyl halides is 2. The first-order valence-corrected chi connectivity index (χ1v) is 4.16. The number of ether oxygens (including phenoxy) is 1. The van der Waals surface area contributed by atoms with E-state index in [0.717, 1.165) is 0 Å². The van der Waals surface area contributed by atoms with Crippen LogP contribution < -0.4 is 5.32 Å². The molecule has 2 N–H and O–H groups in total. The summed E-state index contributed by atoms with van der Waals surface area (Å²) >= 11 is 0. The molecular formula is C8H15F2NO3. The van der Waals surface area contributed by atoms with Crippen LogP contribution in [0.1, 0.15) is 27.2 Å². The van der Waals surface area contributed by atoms with Crippen LogP contribution >= 0.6 is 0 Å². The number of aliphatic hydroxyl groups excluding tert-OH is 1. The molecule has 0 rings (SSSR count). The zero-order valence-corrected chi connectivity index (χ0v) is 8.38. The Morgan fingerprint density at radius 2 is 2.00 bits per heavy atom. The predicted molar refractivity (Wildman–Crippen MR) is 46.0 cm³/mol. The van der Waals surface area contributed by atoms with Gasteiger partial charge >= 0.3 is 6.09 Å².